The average Bonchev–Trinajstić information content (AvgIpc) is 2.45. The van der Waals surface area contributed by atoms with Crippen molar-refractivity contribution in [3.63, 3.8) is 0 Å². The molecule has 0 radical (unpaired) electrons. The maximum absolute atomic E-state index is 5.84. The molecular formula is C10H22GeO4. The Kier molecular flexibility index (Phi) is 5.05. The molecule has 90 valence electrons. The molecule has 0 spiro atoms. The van der Waals surface area contributed by atoms with E-state index in [0.717, 1.165) is 6.42 Å². The molecule has 4 nitrogen and oxygen atoms in total. The van der Waals surface area contributed by atoms with E-state index in [1.807, 2.05) is 27.7 Å². The Labute approximate surface area is 96.0 Å². The van der Waals surface area contributed by atoms with Gasteiger partial charge in [-0.15, -0.1) is 0 Å². The summed E-state index contributed by atoms with van der Waals surface area (Å²) in [4.78, 5) is 0. The topological polar surface area (TPSA) is 36.9 Å². The van der Waals surface area contributed by atoms with Crippen LogP contribution in [-0.2, 0) is 15.1 Å². The van der Waals surface area contributed by atoms with Crippen LogP contribution in [0.15, 0.2) is 0 Å². The summed E-state index contributed by atoms with van der Waals surface area (Å²) in [6, 6.07) is 0. The molecule has 15 heavy (non-hydrogen) atoms. The molecule has 1 saturated heterocycles. The first-order chi connectivity index (χ1) is 6.97. The molecule has 1 aliphatic heterocycles. The fraction of sp³-hybridized carbons (Fsp3) is 1.00. The second-order valence-corrected chi connectivity index (χ2v) is 8.48. The van der Waals surface area contributed by atoms with E-state index in [-0.39, 0.29) is 18.3 Å². The molecule has 0 aliphatic carbocycles. The van der Waals surface area contributed by atoms with Crippen LogP contribution >= 0.6 is 0 Å². The van der Waals surface area contributed by atoms with E-state index in [4.69, 9.17) is 15.1 Å². The van der Waals surface area contributed by atoms with Crippen molar-refractivity contribution < 1.29 is 15.1 Å². The monoisotopic (exact) mass is 280 g/mol. The molecule has 0 N–H and O–H groups in total. The van der Waals surface area contributed by atoms with Crippen molar-refractivity contribution in [3.8, 4) is 0 Å². The first-order valence-corrected chi connectivity index (χ1v) is 9.07. The maximum atomic E-state index is 5.84. The van der Waals surface area contributed by atoms with E-state index in [1.165, 1.54) is 0 Å². The summed E-state index contributed by atoms with van der Waals surface area (Å²) in [6.07, 6.45) is 1.25. The van der Waals surface area contributed by atoms with Crippen molar-refractivity contribution in [2.24, 2.45) is 0 Å². The van der Waals surface area contributed by atoms with Gasteiger partial charge in [-0.2, -0.15) is 0 Å². The molecule has 0 aromatic rings. The van der Waals surface area contributed by atoms with Gasteiger partial charge in [0.1, 0.15) is 0 Å². The second-order valence-electron chi connectivity index (χ2n) is 4.29. The molecular weight excluding hydrogens is 257 g/mol. The number of hydrogen-bond acceptors (Lipinski definition) is 4. The zero-order valence-corrected chi connectivity index (χ0v) is 12.4. The molecule has 1 aliphatic rings. The predicted octanol–water partition coefficient (Wildman–Crippen LogP) is 2.10. The van der Waals surface area contributed by atoms with Gasteiger partial charge in [-0.3, -0.25) is 0 Å². The zero-order chi connectivity index (χ0) is 11.5. The molecule has 0 bridgehead atoms. The van der Waals surface area contributed by atoms with Crippen LogP contribution in [0.1, 0.15) is 41.0 Å². The van der Waals surface area contributed by atoms with E-state index in [9.17, 15) is 0 Å². The second kappa shape index (κ2) is 5.63. The third-order valence-corrected chi connectivity index (χ3v) is 7.56. The van der Waals surface area contributed by atoms with Gasteiger partial charge < -0.3 is 0 Å². The molecule has 1 atom stereocenters. The van der Waals surface area contributed by atoms with E-state index in [0.29, 0.717) is 6.61 Å². The summed E-state index contributed by atoms with van der Waals surface area (Å²) >= 11 is -3.39. The van der Waals surface area contributed by atoms with Crippen LogP contribution in [-0.4, -0.2) is 39.5 Å². The van der Waals surface area contributed by atoms with Gasteiger partial charge in [0.25, 0.3) is 0 Å². The molecule has 1 unspecified atom stereocenters. The van der Waals surface area contributed by atoms with Gasteiger partial charge in [-0.05, 0) is 0 Å². The fourth-order valence-electron chi connectivity index (χ4n) is 1.40. The summed E-state index contributed by atoms with van der Waals surface area (Å²) in [5.74, 6) is 0. The Balaban J connectivity index is 2.61. The van der Waals surface area contributed by atoms with Crippen molar-refractivity contribution in [3.05, 3.63) is 0 Å². The van der Waals surface area contributed by atoms with E-state index >= 15 is 0 Å². The summed E-state index contributed by atoms with van der Waals surface area (Å²) < 4.78 is 23.1. The summed E-state index contributed by atoms with van der Waals surface area (Å²) in [5, 5.41) is 0. The van der Waals surface area contributed by atoms with E-state index in [2.05, 4.69) is 6.92 Å². The standard InChI is InChI=1S/C10H22GeO4/c1-6-10-7-12-11(15-10,13-8(2)3)14-9(4)5/h8-10H,6-7H2,1-5H3. The van der Waals surface area contributed by atoms with Gasteiger partial charge in [-0.25, -0.2) is 0 Å². The normalized spacial score (nSPS) is 25.4. The van der Waals surface area contributed by atoms with Crippen molar-refractivity contribution in [1.29, 1.82) is 0 Å². The molecule has 1 rings (SSSR count). The molecule has 0 amide bonds. The number of hydrogen-bond donors (Lipinski definition) is 0. The minimum atomic E-state index is -3.39. The Bertz CT molecular complexity index is 186. The van der Waals surface area contributed by atoms with Crippen molar-refractivity contribution in [2.75, 3.05) is 6.61 Å². The summed E-state index contributed by atoms with van der Waals surface area (Å²) in [6.45, 7) is 10.6. The number of rotatable bonds is 5. The fourth-order valence-corrected chi connectivity index (χ4v) is 6.76. The van der Waals surface area contributed by atoms with Crippen LogP contribution in [0.4, 0.5) is 0 Å². The van der Waals surface area contributed by atoms with Crippen LogP contribution in [0.3, 0.4) is 0 Å². The van der Waals surface area contributed by atoms with Crippen molar-refractivity contribution in [1.82, 2.24) is 0 Å². The molecule has 0 aromatic carbocycles. The van der Waals surface area contributed by atoms with Gasteiger partial charge >= 0.3 is 95.6 Å². The predicted molar refractivity (Wildman–Crippen MR) is 59.3 cm³/mol. The third kappa shape index (κ3) is 4.03. The van der Waals surface area contributed by atoms with Gasteiger partial charge in [0.15, 0.2) is 0 Å². The first-order valence-electron chi connectivity index (χ1n) is 5.65. The molecule has 0 aromatic heterocycles. The molecule has 1 heterocycles. The van der Waals surface area contributed by atoms with E-state index in [1.54, 1.807) is 0 Å². The van der Waals surface area contributed by atoms with Crippen LogP contribution < -0.4 is 0 Å². The molecule has 0 saturated carbocycles. The van der Waals surface area contributed by atoms with Gasteiger partial charge in [0.05, 0.1) is 0 Å². The zero-order valence-electron chi connectivity index (χ0n) is 10.3. The van der Waals surface area contributed by atoms with Crippen LogP contribution in [0.25, 0.3) is 0 Å². The van der Waals surface area contributed by atoms with Crippen LogP contribution in [0.2, 0.25) is 0 Å². The Morgan fingerprint density at radius 1 is 1.20 bits per heavy atom. The summed E-state index contributed by atoms with van der Waals surface area (Å²) in [5.41, 5.74) is 0. The minimum absolute atomic E-state index is 0.0827. The first kappa shape index (κ1) is 13.4. The van der Waals surface area contributed by atoms with Crippen molar-refractivity contribution in [2.45, 2.75) is 59.4 Å². The molecule has 5 heteroatoms. The van der Waals surface area contributed by atoms with Crippen LogP contribution in [0, 0.1) is 0 Å². The van der Waals surface area contributed by atoms with Crippen molar-refractivity contribution >= 4 is 14.6 Å². The Morgan fingerprint density at radius 2 is 1.73 bits per heavy atom. The average molecular weight is 279 g/mol. The summed E-state index contributed by atoms with van der Waals surface area (Å²) in [7, 11) is 0. The third-order valence-electron chi connectivity index (χ3n) is 1.97. The van der Waals surface area contributed by atoms with E-state index < -0.39 is 14.6 Å². The van der Waals surface area contributed by atoms with Gasteiger partial charge in [-0.1, -0.05) is 0 Å². The quantitative estimate of drug-likeness (QED) is 0.722. The van der Waals surface area contributed by atoms with Crippen LogP contribution in [0.5, 0.6) is 0 Å². The molecule has 1 fully saturated rings. The van der Waals surface area contributed by atoms with Gasteiger partial charge in [0.2, 0.25) is 0 Å². The Morgan fingerprint density at radius 3 is 2.07 bits per heavy atom. The SMILES string of the molecule is CCC1C[O][Ge]([O]C(C)C)([O]C(C)C)[O]1. The van der Waals surface area contributed by atoms with Gasteiger partial charge in [0, 0.05) is 0 Å². The Hall–Kier alpha value is 0.383.